The molecule has 2 atom stereocenters. The molecule has 0 saturated carbocycles. The third-order valence-corrected chi connectivity index (χ3v) is 1.82. The lowest BCUT2D eigenvalue weighted by Gasteiger charge is -2.15. The Morgan fingerprint density at radius 1 is 1.71 bits per heavy atom. The summed E-state index contributed by atoms with van der Waals surface area (Å²) in [6.07, 6.45) is 1.98. The van der Waals surface area contributed by atoms with Crippen molar-refractivity contribution in [3.8, 4) is 0 Å². The molecule has 0 bridgehead atoms. The van der Waals surface area contributed by atoms with Crippen LogP contribution in [0.2, 0.25) is 0 Å². The van der Waals surface area contributed by atoms with Crippen LogP contribution < -0.4 is 5.73 Å². The molecule has 3 N–H and O–H groups in total. The number of hydrogen-bond acceptors (Lipinski definition) is 4. The van der Waals surface area contributed by atoms with Crippen LogP contribution in [0.25, 0.3) is 0 Å². The van der Waals surface area contributed by atoms with Gasteiger partial charge in [0, 0.05) is 11.8 Å². The quantitative estimate of drug-likeness (QED) is 0.315. The van der Waals surface area contributed by atoms with Crippen molar-refractivity contribution in [3.05, 3.63) is 0 Å². The summed E-state index contributed by atoms with van der Waals surface area (Å²) in [6, 6.07) is 0. The lowest BCUT2D eigenvalue weighted by Crippen LogP contribution is -2.30. The van der Waals surface area contributed by atoms with Crippen LogP contribution in [0.3, 0.4) is 0 Å². The van der Waals surface area contributed by atoms with E-state index in [0.717, 1.165) is 0 Å². The fourth-order valence-electron chi connectivity index (χ4n) is 0.972. The summed E-state index contributed by atoms with van der Waals surface area (Å²) in [5.41, 5.74) is 4.99. The Balaban J connectivity index is 4.08. The van der Waals surface area contributed by atoms with Gasteiger partial charge in [0.1, 0.15) is 0 Å². The summed E-state index contributed by atoms with van der Waals surface area (Å²) in [5.74, 6) is -1.71. The maximum atomic E-state index is 10.7. The van der Waals surface area contributed by atoms with Crippen molar-refractivity contribution in [2.75, 3.05) is 6.54 Å². The molecule has 0 saturated heterocycles. The molecule has 2 amide bonds. The maximum Gasteiger partial charge on any atom is 0.233 e. The molecule has 0 aliphatic carbocycles. The third-order valence-electron chi connectivity index (χ3n) is 1.82. The van der Waals surface area contributed by atoms with Crippen molar-refractivity contribution in [2.24, 2.45) is 17.6 Å². The zero-order valence-corrected chi connectivity index (χ0v) is 7.84. The molecule has 6 heteroatoms. The standard InChI is InChI=1S/C8H13N2O4/c1-6(8(9)13)2-7(4-11)3-10(14)5-12/h5-7,14H,2-3H2,1H3,(H2,9,13). The van der Waals surface area contributed by atoms with Crippen LogP contribution in [0.15, 0.2) is 0 Å². The van der Waals surface area contributed by atoms with Gasteiger partial charge in [-0.3, -0.25) is 19.6 Å². The average Bonchev–Trinajstić information content (AvgIpc) is 2.16. The molecule has 0 aliphatic rings. The number of nitrogens with two attached hydrogens (primary N) is 1. The second-order valence-corrected chi connectivity index (χ2v) is 3.08. The first-order valence-corrected chi connectivity index (χ1v) is 4.09. The van der Waals surface area contributed by atoms with Gasteiger partial charge in [-0.05, 0) is 6.42 Å². The molecule has 2 unspecified atom stereocenters. The van der Waals surface area contributed by atoms with Gasteiger partial charge in [-0.25, -0.2) is 5.06 Å². The van der Waals surface area contributed by atoms with E-state index in [2.05, 4.69) is 0 Å². The van der Waals surface area contributed by atoms with E-state index in [9.17, 15) is 14.4 Å². The highest BCUT2D eigenvalue weighted by atomic mass is 16.5. The highest BCUT2D eigenvalue weighted by Gasteiger charge is 2.18. The van der Waals surface area contributed by atoms with Crippen molar-refractivity contribution < 1.29 is 19.6 Å². The summed E-state index contributed by atoms with van der Waals surface area (Å²) < 4.78 is 0. The lowest BCUT2D eigenvalue weighted by molar-refractivity contribution is -0.151. The van der Waals surface area contributed by atoms with Crippen molar-refractivity contribution in [1.29, 1.82) is 0 Å². The molecule has 0 aromatic carbocycles. The van der Waals surface area contributed by atoms with E-state index >= 15 is 0 Å². The van der Waals surface area contributed by atoms with E-state index in [1.165, 1.54) is 0 Å². The van der Waals surface area contributed by atoms with Gasteiger partial charge < -0.3 is 5.73 Å². The van der Waals surface area contributed by atoms with Gasteiger partial charge in [0.25, 0.3) is 0 Å². The smallest absolute Gasteiger partial charge is 0.233 e. The molecule has 1 radical (unpaired) electrons. The number of hydroxylamine groups is 2. The minimum atomic E-state index is -0.701. The van der Waals surface area contributed by atoms with Crippen molar-refractivity contribution in [1.82, 2.24) is 5.06 Å². The van der Waals surface area contributed by atoms with E-state index < -0.39 is 17.7 Å². The molecule has 0 aromatic heterocycles. The van der Waals surface area contributed by atoms with E-state index in [1.54, 1.807) is 13.2 Å². The van der Waals surface area contributed by atoms with E-state index in [-0.39, 0.29) is 19.4 Å². The lowest BCUT2D eigenvalue weighted by atomic mass is 9.96. The SMILES string of the molecule is CC(CC([C]=O)CN(O)C=O)C(N)=O. The van der Waals surface area contributed by atoms with Gasteiger partial charge in [0.15, 0.2) is 0 Å². The van der Waals surface area contributed by atoms with Gasteiger partial charge >= 0.3 is 0 Å². The summed E-state index contributed by atoms with van der Waals surface area (Å²) in [4.78, 5) is 31.1. The van der Waals surface area contributed by atoms with Gasteiger partial charge in [-0.15, -0.1) is 0 Å². The third kappa shape index (κ3) is 4.56. The number of carbonyl (C=O) groups excluding carboxylic acids is 3. The normalized spacial score (nSPS) is 14.1. The number of primary amides is 1. The fraction of sp³-hybridized carbons (Fsp3) is 0.625. The molecular formula is C8H13N2O4. The monoisotopic (exact) mass is 201 g/mol. The number of carbonyl (C=O) groups is 2. The second-order valence-electron chi connectivity index (χ2n) is 3.08. The first kappa shape index (κ1) is 12.6. The molecular weight excluding hydrogens is 188 g/mol. The van der Waals surface area contributed by atoms with Crippen LogP contribution in [0.5, 0.6) is 0 Å². The van der Waals surface area contributed by atoms with Gasteiger partial charge in [0.2, 0.25) is 18.6 Å². The summed E-state index contributed by atoms with van der Waals surface area (Å²) >= 11 is 0. The average molecular weight is 201 g/mol. The first-order chi connectivity index (χ1) is 6.51. The van der Waals surface area contributed by atoms with Crippen LogP contribution in [-0.2, 0) is 14.4 Å². The van der Waals surface area contributed by atoms with Crippen LogP contribution in [0.1, 0.15) is 13.3 Å². The maximum absolute atomic E-state index is 10.7. The largest absolute Gasteiger partial charge is 0.369 e. The molecule has 0 spiro atoms. The molecule has 0 fully saturated rings. The molecule has 0 rings (SSSR count). The van der Waals surface area contributed by atoms with Crippen molar-refractivity contribution in [2.45, 2.75) is 13.3 Å². The minimum Gasteiger partial charge on any atom is -0.369 e. The van der Waals surface area contributed by atoms with E-state index in [0.29, 0.717) is 5.06 Å². The predicted molar refractivity (Wildman–Crippen MR) is 46.7 cm³/mol. The molecule has 0 aliphatic heterocycles. The van der Waals surface area contributed by atoms with Crippen LogP contribution in [0.4, 0.5) is 0 Å². The second kappa shape index (κ2) is 6.09. The topological polar surface area (TPSA) is 101 Å². The Kier molecular flexibility index (Phi) is 5.47. The number of hydrogen-bond donors (Lipinski definition) is 2. The predicted octanol–water partition coefficient (Wildman–Crippen LogP) is -0.929. The summed E-state index contributed by atoms with van der Waals surface area (Å²) in [5, 5.41) is 9.12. The molecule has 0 heterocycles. The highest BCUT2D eigenvalue weighted by molar-refractivity contribution is 5.76. The first-order valence-electron chi connectivity index (χ1n) is 4.09. The van der Waals surface area contributed by atoms with Gasteiger partial charge in [-0.2, -0.15) is 0 Å². The minimum absolute atomic E-state index is 0.170. The van der Waals surface area contributed by atoms with Crippen LogP contribution >= 0.6 is 0 Å². The van der Waals surface area contributed by atoms with Crippen LogP contribution in [0, 0.1) is 11.8 Å². The Hall–Kier alpha value is -1.43. The number of nitrogens with zero attached hydrogens (tertiary/aromatic N) is 1. The highest BCUT2D eigenvalue weighted by Crippen LogP contribution is 2.10. The number of rotatable bonds is 7. The summed E-state index contributed by atoms with van der Waals surface area (Å²) in [6.45, 7) is 1.39. The fourth-order valence-corrected chi connectivity index (χ4v) is 0.972. The van der Waals surface area contributed by atoms with Gasteiger partial charge in [-0.1, -0.05) is 6.92 Å². The Labute approximate surface area is 81.6 Å². The molecule has 0 aromatic rings. The number of amides is 2. The Morgan fingerprint density at radius 2 is 2.29 bits per heavy atom. The molecule has 14 heavy (non-hydrogen) atoms. The Morgan fingerprint density at radius 3 is 2.64 bits per heavy atom. The van der Waals surface area contributed by atoms with Gasteiger partial charge in [0.05, 0.1) is 6.54 Å². The van der Waals surface area contributed by atoms with E-state index in [1.807, 2.05) is 0 Å². The van der Waals surface area contributed by atoms with Crippen molar-refractivity contribution >= 4 is 18.6 Å². The molecule has 79 valence electrons. The zero-order chi connectivity index (χ0) is 11.1. The van der Waals surface area contributed by atoms with Crippen molar-refractivity contribution in [3.63, 3.8) is 0 Å². The zero-order valence-electron chi connectivity index (χ0n) is 7.84. The summed E-state index contributed by atoms with van der Waals surface area (Å²) in [7, 11) is 0. The Bertz CT molecular complexity index is 219. The van der Waals surface area contributed by atoms with Crippen LogP contribution in [-0.4, -0.2) is 35.4 Å². The van der Waals surface area contributed by atoms with E-state index in [4.69, 9.17) is 10.9 Å². The molecule has 6 nitrogen and oxygen atoms in total.